The van der Waals surface area contributed by atoms with Crippen molar-refractivity contribution in [3.05, 3.63) is 20.8 Å². The smallest absolute Gasteiger partial charge is 0.307 e. The molecule has 1 aliphatic carbocycles. The van der Waals surface area contributed by atoms with E-state index < -0.39 is 11.9 Å². The van der Waals surface area contributed by atoms with Crippen LogP contribution in [0.1, 0.15) is 24.1 Å². The third-order valence-electron chi connectivity index (χ3n) is 3.54. The van der Waals surface area contributed by atoms with Crippen LogP contribution in [-0.4, -0.2) is 28.9 Å². The van der Waals surface area contributed by atoms with Crippen LogP contribution in [0.15, 0.2) is 15.9 Å². The number of carboxylic acid groups (broad SMARTS) is 1. The summed E-state index contributed by atoms with van der Waals surface area (Å²) in [5.41, 5.74) is 0. The lowest BCUT2D eigenvalue weighted by Crippen LogP contribution is -2.36. The van der Waals surface area contributed by atoms with Crippen LogP contribution in [0.5, 0.6) is 0 Å². The van der Waals surface area contributed by atoms with E-state index in [-0.39, 0.29) is 11.8 Å². The number of hydrogen-bond acceptors (Lipinski definition) is 3. The SMILES string of the molecule is CN(Cc1cc(Br)cs1)C(=O)[C@@H]1CCC[C@@H]1C(=O)O. The van der Waals surface area contributed by atoms with Gasteiger partial charge >= 0.3 is 5.97 Å². The van der Waals surface area contributed by atoms with Crippen molar-refractivity contribution in [1.29, 1.82) is 0 Å². The molecule has 0 saturated heterocycles. The maximum absolute atomic E-state index is 12.3. The van der Waals surface area contributed by atoms with Gasteiger partial charge in [-0.05, 0) is 34.8 Å². The summed E-state index contributed by atoms with van der Waals surface area (Å²) in [5.74, 6) is -1.76. The average Bonchev–Trinajstić information content (AvgIpc) is 2.97. The fraction of sp³-hybridized carbons (Fsp3) is 0.538. The molecule has 19 heavy (non-hydrogen) atoms. The van der Waals surface area contributed by atoms with E-state index in [0.717, 1.165) is 15.8 Å². The van der Waals surface area contributed by atoms with Crippen molar-refractivity contribution in [2.45, 2.75) is 25.8 Å². The Balaban J connectivity index is 2.00. The lowest BCUT2D eigenvalue weighted by atomic mass is 9.95. The van der Waals surface area contributed by atoms with Crippen LogP contribution >= 0.6 is 27.3 Å². The molecule has 104 valence electrons. The quantitative estimate of drug-likeness (QED) is 0.912. The molecule has 1 aliphatic rings. The van der Waals surface area contributed by atoms with E-state index in [1.165, 1.54) is 0 Å². The maximum atomic E-state index is 12.3. The zero-order valence-corrected chi connectivity index (χ0v) is 13.0. The van der Waals surface area contributed by atoms with Crippen LogP contribution < -0.4 is 0 Å². The molecule has 1 N–H and O–H groups in total. The molecular formula is C13H16BrNO3S. The number of aliphatic carboxylic acids is 1. The van der Waals surface area contributed by atoms with Gasteiger partial charge in [0.25, 0.3) is 0 Å². The van der Waals surface area contributed by atoms with E-state index in [1.807, 2.05) is 11.4 Å². The van der Waals surface area contributed by atoms with Crippen molar-refractivity contribution in [3.63, 3.8) is 0 Å². The summed E-state index contributed by atoms with van der Waals surface area (Å²) in [6.45, 7) is 0.540. The molecule has 1 aromatic heterocycles. The largest absolute Gasteiger partial charge is 0.481 e. The molecule has 0 aliphatic heterocycles. The van der Waals surface area contributed by atoms with E-state index in [0.29, 0.717) is 19.4 Å². The first-order chi connectivity index (χ1) is 8.99. The number of thiophene rings is 1. The third kappa shape index (κ3) is 3.36. The van der Waals surface area contributed by atoms with E-state index in [4.69, 9.17) is 5.11 Å². The predicted molar refractivity (Wildman–Crippen MR) is 77.0 cm³/mol. The van der Waals surface area contributed by atoms with Crippen molar-refractivity contribution < 1.29 is 14.7 Å². The molecular weight excluding hydrogens is 330 g/mol. The second kappa shape index (κ2) is 6.05. The molecule has 0 radical (unpaired) electrons. The average molecular weight is 346 g/mol. The zero-order valence-electron chi connectivity index (χ0n) is 10.6. The minimum absolute atomic E-state index is 0.0468. The molecule has 1 aromatic rings. The van der Waals surface area contributed by atoms with Gasteiger partial charge in [0.1, 0.15) is 0 Å². The van der Waals surface area contributed by atoms with Crippen molar-refractivity contribution in [1.82, 2.24) is 4.90 Å². The molecule has 0 unspecified atom stereocenters. The fourth-order valence-corrected chi connectivity index (χ4v) is 4.09. The highest BCUT2D eigenvalue weighted by Gasteiger charge is 2.38. The molecule has 1 amide bonds. The number of halogens is 1. The van der Waals surface area contributed by atoms with Crippen molar-refractivity contribution in [3.8, 4) is 0 Å². The fourth-order valence-electron chi connectivity index (χ4n) is 2.58. The van der Waals surface area contributed by atoms with Gasteiger partial charge in [-0.25, -0.2) is 0 Å². The van der Waals surface area contributed by atoms with Gasteiger partial charge in [0.05, 0.1) is 18.4 Å². The first-order valence-electron chi connectivity index (χ1n) is 6.19. The van der Waals surface area contributed by atoms with Gasteiger partial charge in [0, 0.05) is 21.8 Å². The summed E-state index contributed by atoms with van der Waals surface area (Å²) in [4.78, 5) is 26.2. The minimum atomic E-state index is -0.844. The van der Waals surface area contributed by atoms with Crippen LogP contribution in [0.4, 0.5) is 0 Å². The molecule has 1 saturated carbocycles. The molecule has 6 heteroatoms. The Morgan fingerprint density at radius 3 is 2.74 bits per heavy atom. The number of hydrogen-bond donors (Lipinski definition) is 1. The highest BCUT2D eigenvalue weighted by atomic mass is 79.9. The molecule has 1 heterocycles. The number of nitrogens with zero attached hydrogens (tertiary/aromatic N) is 1. The summed E-state index contributed by atoms with van der Waals surface area (Å²) >= 11 is 4.97. The van der Waals surface area contributed by atoms with Gasteiger partial charge in [-0.15, -0.1) is 11.3 Å². The highest BCUT2D eigenvalue weighted by Crippen LogP contribution is 2.33. The molecule has 1 fully saturated rings. The van der Waals surface area contributed by atoms with Gasteiger partial charge in [0.15, 0.2) is 0 Å². The molecule has 0 aromatic carbocycles. The molecule has 4 nitrogen and oxygen atoms in total. The predicted octanol–water partition coefficient (Wildman–Crippen LogP) is 2.97. The van der Waals surface area contributed by atoms with Gasteiger partial charge in [-0.3, -0.25) is 9.59 Å². The lowest BCUT2D eigenvalue weighted by Gasteiger charge is -2.22. The Bertz CT molecular complexity index is 488. The van der Waals surface area contributed by atoms with E-state index >= 15 is 0 Å². The second-order valence-corrected chi connectivity index (χ2v) is 6.82. The first-order valence-corrected chi connectivity index (χ1v) is 7.87. The Labute approximate surface area is 124 Å². The van der Waals surface area contributed by atoms with Crippen LogP contribution in [0.2, 0.25) is 0 Å². The zero-order chi connectivity index (χ0) is 14.0. The van der Waals surface area contributed by atoms with Crippen LogP contribution in [-0.2, 0) is 16.1 Å². The van der Waals surface area contributed by atoms with Gasteiger partial charge < -0.3 is 10.0 Å². The summed E-state index contributed by atoms with van der Waals surface area (Å²) < 4.78 is 1.01. The van der Waals surface area contributed by atoms with E-state index in [9.17, 15) is 9.59 Å². The summed E-state index contributed by atoms with van der Waals surface area (Å²) in [6, 6.07) is 1.98. The molecule has 0 spiro atoms. The van der Waals surface area contributed by atoms with E-state index in [2.05, 4.69) is 15.9 Å². The first kappa shape index (κ1) is 14.5. The van der Waals surface area contributed by atoms with Crippen molar-refractivity contribution in [2.75, 3.05) is 7.05 Å². The van der Waals surface area contributed by atoms with Crippen molar-refractivity contribution >= 4 is 39.1 Å². The molecule has 0 bridgehead atoms. The maximum Gasteiger partial charge on any atom is 0.307 e. The molecule has 2 rings (SSSR count). The number of carbonyl (C=O) groups excluding carboxylic acids is 1. The van der Waals surface area contributed by atoms with Gasteiger partial charge in [-0.1, -0.05) is 6.42 Å². The van der Waals surface area contributed by atoms with E-state index in [1.54, 1.807) is 23.3 Å². The Morgan fingerprint density at radius 1 is 1.47 bits per heavy atom. The summed E-state index contributed by atoms with van der Waals surface area (Å²) in [6.07, 6.45) is 2.13. The number of rotatable bonds is 4. The Kier molecular flexibility index (Phi) is 4.62. The minimum Gasteiger partial charge on any atom is -0.481 e. The highest BCUT2D eigenvalue weighted by molar-refractivity contribution is 9.10. The normalized spacial score (nSPS) is 22.4. The lowest BCUT2D eigenvalue weighted by molar-refractivity contribution is -0.148. The van der Waals surface area contributed by atoms with Crippen molar-refractivity contribution in [2.24, 2.45) is 11.8 Å². The topological polar surface area (TPSA) is 57.6 Å². The van der Waals surface area contributed by atoms with Gasteiger partial charge in [-0.2, -0.15) is 0 Å². The third-order valence-corrected chi connectivity index (χ3v) is 5.22. The number of carbonyl (C=O) groups is 2. The molecule has 2 atom stereocenters. The van der Waals surface area contributed by atoms with Crippen LogP contribution in [0, 0.1) is 11.8 Å². The second-order valence-electron chi connectivity index (χ2n) is 4.91. The number of amides is 1. The number of carboxylic acids is 1. The summed E-state index contributed by atoms with van der Waals surface area (Å²) in [5, 5.41) is 11.1. The Hall–Kier alpha value is -0.880. The van der Waals surface area contributed by atoms with Gasteiger partial charge in [0.2, 0.25) is 5.91 Å². The van der Waals surface area contributed by atoms with Crippen LogP contribution in [0.25, 0.3) is 0 Å². The monoisotopic (exact) mass is 345 g/mol. The standard InChI is InChI=1S/C13H16BrNO3S/c1-15(6-9-5-8(14)7-19-9)12(16)10-3-2-4-11(10)13(17)18/h5,7,10-11H,2-4,6H2,1H3,(H,17,18)/t10-,11+/m1/s1. The summed E-state index contributed by atoms with van der Waals surface area (Å²) in [7, 11) is 1.74. The Morgan fingerprint density at radius 2 is 2.16 bits per heavy atom. The van der Waals surface area contributed by atoms with Crippen LogP contribution in [0.3, 0.4) is 0 Å².